The molecule has 0 atom stereocenters. The van der Waals surface area contributed by atoms with Crippen LogP contribution in [0.25, 0.3) is 0 Å². The second kappa shape index (κ2) is 6.39. The summed E-state index contributed by atoms with van der Waals surface area (Å²) in [6.07, 6.45) is 1.65. The van der Waals surface area contributed by atoms with Crippen LogP contribution in [0.3, 0.4) is 0 Å². The molecule has 3 nitrogen and oxygen atoms in total. The zero-order valence-electron chi connectivity index (χ0n) is 11.9. The normalized spacial score (nSPS) is 11.9. The number of halogens is 1. The number of rotatable bonds is 5. The number of pyridine rings is 1. The van der Waals surface area contributed by atoms with Crippen molar-refractivity contribution >= 4 is 11.6 Å². The molecule has 0 aromatic carbocycles. The molecule has 0 saturated carbocycles. The van der Waals surface area contributed by atoms with E-state index in [9.17, 15) is 0 Å². The summed E-state index contributed by atoms with van der Waals surface area (Å²) in [5.74, 6) is 1.12. The van der Waals surface area contributed by atoms with Gasteiger partial charge in [-0.05, 0) is 32.3 Å². The van der Waals surface area contributed by atoms with E-state index in [-0.39, 0.29) is 5.54 Å². The maximum atomic E-state index is 6.13. The van der Waals surface area contributed by atoms with Crippen molar-refractivity contribution in [3.05, 3.63) is 22.8 Å². The molecule has 1 rings (SSSR count). The first-order chi connectivity index (χ1) is 8.28. The highest BCUT2D eigenvalue weighted by molar-refractivity contribution is 6.31. The lowest BCUT2D eigenvalue weighted by Crippen LogP contribution is -2.35. The Morgan fingerprint density at radius 2 is 2.06 bits per heavy atom. The molecule has 0 spiro atoms. The summed E-state index contributed by atoms with van der Waals surface area (Å²) in [4.78, 5) is 4.17. The number of hydrogen-bond acceptors (Lipinski definition) is 3. The smallest absolute Gasteiger partial charge is 0.213 e. The van der Waals surface area contributed by atoms with Crippen molar-refractivity contribution in [1.82, 2.24) is 10.3 Å². The van der Waals surface area contributed by atoms with Crippen LogP contribution in [-0.2, 0) is 6.54 Å². The third-order valence-corrected chi connectivity index (χ3v) is 2.62. The highest BCUT2D eigenvalue weighted by atomic mass is 35.5. The van der Waals surface area contributed by atoms with E-state index in [1.165, 1.54) is 0 Å². The average Bonchev–Trinajstić information content (AvgIpc) is 2.25. The molecule has 0 bridgehead atoms. The molecular weight excluding hydrogens is 248 g/mol. The van der Waals surface area contributed by atoms with Crippen molar-refractivity contribution in [2.24, 2.45) is 5.92 Å². The van der Waals surface area contributed by atoms with Gasteiger partial charge in [-0.2, -0.15) is 0 Å². The fraction of sp³-hybridized carbons (Fsp3) is 0.643. The van der Waals surface area contributed by atoms with Crippen molar-refractivity contribution in [3.63, 3.8) is 0 Å². The number of nitrogens with one attached hydrogen (secondary N) is 1. The van der Waals surface area contributed by atoms with E-state index in [1.807, 2.05) is 6.07 Å². The summed E-state index contributed by atoms with van der Waals surface area (Å²) in [5, 5.41) is 4.07. The fourth-order valence-corrected chi connectivity index (χ4v) is 1.46. The van der Waals surface area contributed by atoms with Crippen molar-refractivity contribution in [1.29, 1.82) is 0 Å². The summed E-state index contributed by atoms with van der Waals surface area (Å²) in [6.45, 7) is 12.0. The molecule has 0 fully saturated rings. The SMILES string of the molecule is CC(C)COc1cc(CNC(C)(C)C)c(Cl)cn1. The predicted octanol–water partition coefficient (Wildman–Crippen LogP) is 3.66. The van der Waals surface area contributed by atoms with E-state index in [4.69, 9.17) is 16.3 Å². The van der Waals surface area contributed by atoms with Crippen molar-refractivity contribution in [2.45, 2.75) is 46.7 Å². The molecule has 0 saturated heterocycles. The first kappa shape index (κ1) is 15.3. The Labute approximate surface area is 115 Å². The van der Waals surface area contributed by atoms with Crippen molar-refractivity contribution < 1.29 is 4.74 Å². The fourth-order valence-electron chi connectivity index (χ4n) is 1.29. The van der Waals surface area contributed by atoms with Crippen LogP contribution in [0.1, 0.15) is 40.2 Å². The zero-order valence-corrected chi connectivity index (χ0v) is 12.6. The van der Waals surface area contributed by atoms with Gasteiger partial charge in [-0.3, -0.25) is 0 Å². The highest BCUT2D eigenvalue weighted by Gasteiger charge is 2.11. The van der Waals surface area contributed by atoms with Gasteiger partial charge in [0.15, 0.2) is 0 Å². The summed E-state index contributed by atoms with van der Waals surface area (Å²) in [5.41, 5.74) is 1.08. The molecule has 1 aromatic rings. The minimum absolute atomic E-state index is 0.0611. The van der Waals surface area contributed by atoms with E-state index in [2.05, 4.69) is 44.9 Å². The van der Waals surface area contributed by atoms with Crippen LogP contribution in [0.4, 0.5) is 0 Å². The van der Waals surface area contributed by atoms with Crippen LogP contribution in [0, 0.1) is 5.92 Å². The van der Waals surface area contributed by atoms with Crippen LogP contribution in [0.5, 0.6) is 5.88 Å². The maximum absolute atomic E-state index is 6.13. The summed E-state index contributed by atoms with van der Waals surface area (Å²) in [7, 11) is 0. The Kier molecular flexibility index (Phi) is 5.42. The molecule has 4 heteroatoms. The molecule has 1 heterocycles. The van der Waals surface area contributed by atoms with Gasteiger partial charge in [0.05, 0.1) is 11.6 Å². The zero-order chi connectivity index (χ0) is 13.8. The topological polar surface area (TPSA) is 34.1 Å². The monoisotopic (exact) mass is 270 g/mol. The molecule has 0 aliphatic carbocycles. The first-order valence-electron chi connectivity index (χ1n) is 6.30. The first-order valence-corrected chi connectivity index (χ1v) is 6.68. The van der Waals surface area contributed by atoms with Crippen LogP contribution in [0.15, 0.2) is 12.3 Å². The molecule has 0 amide bonds. The van der Waals surface area contributed by atoms with Crippen LogP contribution >= 0.6 is 11.6 Å². The Hall–Kier alpha value is -0.800. The minimum atomic E-state index is 0.0611. The van der Waals surface area contributed by atoms with Gasteiger partial charge in [0.1, 0.15) is 0 Å². The second-order valence-corrected chi connectivity index (χ2v) is 6.33. The van der Waals surface area contributed by atoms with Crippen LogP contribution < -0.4 is 10.1 Å². The highest BCUT2D eigenvalue weighted by Crippen LogP contribution is 2.20. The van der Waals surface area contributed by atoms with Gasteiger partial charge >= 0.3 is 0 Å². The second-order valence-electron chi connectivity index (χ2n) is 5.92. The Bertz CT molecular complexity index is 386. The minimum Gasteiger partial charge on any atom is -0.477 e. The van der Waals surface area contributed by atoms with Gasteiger partial charge in [0, 0.05) is 24.3 Å². The largest absolute Gasteiger partial charge is 0.477 e. The lowest BCUT2D eigenvalue weighted by Gasteiger charge is -2.21. The molecule has 1 aromatic heterocycles. The standard InChI is InChI=1S/C14H23ClN2O/c1-10(2)9-18-13-6-11(12(15)8-16-13)7-17-14(3,4)5/h6,8,10,17H,7,9H2,1-5H3. The van der Waals surface area contributed by atoms with E-state index < -0.39 is 0 Å². The quantitative estimate of drug-likeness (QED) is 0.887. The van der Waals surface area contributed by atoms with Crippen LogP contribution in [-0.4, -0.2) is 17.1 Å². The summed E-state index contributed by atoms with van der Waals surface area (Å²) >= 11 is 6.13. The van der Waals surface area contributed by atoms with E-state index in [0.29, 0.717) is 30.0 Å². The Morgan fingerprint density at radius 1 is 1.39 bits per heavy atom. The van der Waals surface area contributed by atoms with Gasteiger partial charge in [0.2, 0.25) is 5.88 Å². The van der Waals surface area contributed by atoms with Gasteiger partial charge in [-0.15, -0.1) is 0 Å². The molecule has 18 heavy (non-hydrogen) atoms. The maximum Gasteiger partial charge on any atom is 0.213 e. The lowest BCUT2D eigenvalue weighted by molar-refractivity contribution is 0.261. The van der Waals surface area contributed by atoms with Crippen LogP contribution in [0.2, 0.25) is 5.02 Å². The molecule has 102 valence electrons. The molecule has 0 aliphatic heterocycles. The molecular formula is C14H23ClN2O. The Balaban J connectivity index is 2.69. The van der Waals surface area contributed by atoms with Gasteiger partial charge in [-0.25, -0.2) is 4.98 Å². The number of ether oxygens (including phenoxy) is 1. The van der Waals surface area contributed by atoms with E-state index >= 15 is 0 Å². The molecule has 0 unspecified atom stereocenters. The van der Waals surface area contributed by atoms with Gasteiger partial charge in [-0.1, -0.05) is 25.4 Å². The van der Waals surface area contributed by atoms with Crippen molar-refractivity contribution in [3.8, 4) is 5.88 Å². The van der Waals surface area contributed by atoms with Crippen molar-refractivity contribution in [2.75, 3.05) is 6.61 Å². The molecule has 0 aliphatic rings. The lowest BCUT2D eigenvalue weighted by atomic mass is 10.1. The third kappa shape index (κ3) is 5.69. The van der Waals surface area contributed by atoms with E-state index in [0.717, 1.165) is 5.56 Å². The number of aromatic nitrogens is 1. The van der Waals surface area contributed by atoms with E-state index in [1.54, 1.807) is 6.20 Å². The van der Waals surface area contributed by atoms with Gasteiger partial charge < -0.3 is 10.1 Å². The third-order valence-electron chi connectivity index (χ3n) is 2.28. The number of hydrogen-bond donors (Lipinski definition) is 1. The number of nitrogens with zero attached hydrogens (tertiary/aromatic N) is 1. The Morgan fingerprint density at radius 3 is 2.61 bits per heavy atom. The van der Waals surface area contributed by atoms with Gasteiger partial charge in [0.25, 0.3) is 0 Å². The molecule has 1 N–H and O–H groups in total. The average molecular weight is 271 g/mol. The molecule has 0 radical (unpaired) electrons. The summed E-state index contributed by atoms with van der Waals surface area (Å²) < 4.78 is 5.60. The predicted molar refractivity (Wildman–Crippen MR) is 76.2 cm³/mol. The summed E-state index contributed by atoms with van der Waals surface area (Å²) in [6, 6.07) is 1.91.